The number of nitrogens with one attached hydrogen (secondary N) is 1. The molecular weight excluding hydrogens is 76.1 g/mol. The first kappa shape index (κ1) is 5.92. The van der Waals surface area contributed by atoms with E-state index in [1.807, 2.05) is 19.1 Å². The van der Waals surface area contributed by atoms with Crippen molar-refractivity contribution in [1.29, 1.82) is 0 Å². The van der Waals surface area contributed by atoms with Crippen LogP contribution in [-0.2, 0) is 0 Å². The second kappa shape index (κ2) is 3.12. The highest BCUT2D eigenvalue weighted by molar-refractivity contribution is 4.35. The van der Waals surface area contributed by atoms with Crippen LogP contribution in [0.4, 0.5) is 0 Å². The van der Waals surface area contributed by atoms with E-state index in [2.05, 4.69) is 12.3 Å². The van der Waals surface area contributed by atoms with E-state index >= 15 is 0 Å². The molecule has 0 aliphatic rings. The summed E-state index contributed by atoms with van der Waals surface area (Å²) in [5, 5.41) is 2.00. The molecule has 0 saturated carbocycles. The summed E-state index contributed by atoms with van der Waals surface area (Å²) in [5.41, 5.74) is 2.95. The van der Waals surface area contributed by atoms with Crippen LogP contribution < -0.4 is 10.4 Å². The predicted molar refractivity (Wildman–Crippen MR) is 27.7 cm³/mol. The number of hydrazine groups is 1. The average Bonchev–Trinajstić information content (AvgIpc) is 1.65. The number of nitrogens with zero attached hydrogens (tertiary/aromatic N) is 1. The SMILES string of the molecule is CC[N+](C)NC. The van der Waals surface area contributed by atoms with Crippen LogP contribution in [0.5, 0.6) is 0 Å². The summed E-state index contributed by atoms with van der Waals surface area (Å²) < 4.78 is 0. The van der Waals surface area contributed by atoms with Crippen LogP contribution in [0.25, 0.3) is 0 Å². The third-order valence-electron chi connectivity index (χ3n) is 0.856. The summed E-state index contributed by atoms with van der Waals surface area (Å²) >= 11 is 0. The molecule has 0 heterocycles. The number of rotatable bonds is 2. The Hall–Kier alpha value is -0.0800. The van der Waals surface area contributed by atoms with Crippen molar-refractivity contribution in [3.05, 3.63) is 0 Å². The summed E-state index contributed by atoms with van der Waals surface area (Å²) in [7, 11) is 3.91. The topological polar surface area (TPSA) is 17.9 Å². The van der Waals surface area contributed by atoms with Crippen molar-refractivity contribution >= 4 is 0 Å². The Morgan fingerprint density at radius 2 is 2.17 bits per heavy atom. The summed E-state index contributed by atoms with van der Waals surface area (Å²) in [5.74, 6) is 0. The molecule has 1 N–H and O–H groups in total. The molecule has 37 valence electrons. The molecule has 0 rings (SSSR count). The lowest BCUT2D eigenvalue weighted by molar-refractivity contribution is 0.417. The molecule has 2 heteroatoms. The Balaban J connectivity index is 2.75. The van der Waals surface area contributed by atoms with E-state index in [0.29, 0.717) is 0 Å². The monoisotopic (exact) mass is 88.1 g/mol. The molecule has 0 aromatic rings. The van der Waals surface area contributed by atoms with Gasteiger partial charge in [0.05, 0.1) is 0 Å². The summed E-state index contributed by atoms with van der Waals surface area (Å²) in [6.07, 6.45) is 0. The molecule has 2 nitrogen and oxygen atoms in total. The Bertz CT molecular complexity index is 24.7. The van der Waals surface area contributed by atoms with Gasteiger partial charge in [-0.15, -0.1) is 5.43 Å². The van der Waals surface area contributed by atoms with Crippen molar-refractivity contribution in [1.82, 2.24) is 10.4 Å². The third-order valence-corrected chi connectivity index (χ3v) is 0.856. The van der Waals surface area contributed by atoms with Gasteiger partial charge in [-0.2, -0.15) is 0 Å². The van der Waals surface area contributed by atoms with Gasteiger partial charge in [0.1, 0.15) is 13.6 Å². The van der Waals surface area contributed by atoms with E-state index < -0.39 is 0 Å². The quantitative estimate of drug-likeness (QED) is 0.369. The highest BCUT2D eigenvalue weighted by Crippen LogP contribution is 1.58. The largest absolute Gasteiger partial charge is 0.141 e. The van der Waals surface area contributed by atoms with Crippen molar-refractivity contribution in [2.45, 2.75) is 6.92 Å². The molecule has 0 fully saturated rings. The van der Waals surface area contributed by atoms with E-state index in [1.165, 1.54) is 0 Å². The highest BCUT2D eigenvalue weighted by Gasteiger charge is 1.93. The Morgan fingerprint density at radius 1 is 1.67 bits per heavy atom. The van der Waals surface area contributed by atoms with Crippen molar-refractivity contribution in [2.75, 3.05) is 20.6 Å². The van der Waals surface area contributed by atoms with E-state index in [9.17, 15) is 0 Å². The maximum atomic E-state index is 2.95. The molecule has 0 aromatic carbocycles. The van der Waals surface area contributed by atoms with Gasteiger partial charge in [0.15, 0.2) is 0 Å². The predicted octanol–water partition coefficient (Wildman–Crippen LogP) is -0.0894. The lowest BCUT2D eigenvalue weighted by Crippen LogP contribution is -2.36. The Labute approximate surface area is 39.1 Å². The summed E-state index contributed by atoms with van der Waals surface area (Å²) in [6, 6.07) is 0. The van der Waals surface area contributed by atoms with Gasteiger partial charge in [0.25, 0.3) is 0 Å². The molecule has 1 radical (unpaired) electrons. The maximum Gasteiger partial charge on any atom is 0.141 e. The second-order valence-electron chi connectivity index (χ2n) is 1.24. The minimum atomic E-state index is 1.05. The maximum absolute atomic E-state index is 2.95. The standard InChI is InChI=1S/C4H12N2/c1-4-6(3)5-2/h5H,4H2,1-3H3/q+1. The molecule has 0 aliphatic carbocycles. The molecule has 0 spiro atoms. The van der Waals surface area contributed by atoms with Gasteiger partial charge in [0.2, 0.25) is 0 Å². The molecule has 0 aliphatic heterocycles. The fourth-order valence-electron chi connectivity index (χ4n) is 0.158. The van der Waals surface area contributed by atoms with Gasteiger partial charge >= 0.3 is 0 Å². The summed E-state index contributed by atoms with van der Waals surface area (Å²) in [4.78, 5) is 0. The smallest absolute Gasteiger partial charge is 0.122 e. The zero-order chi connectivity index (χ0) is 4.99. The number of hydrogen-bond acceptors (Lipinski definition) is 2. The minimum Gasteiger partial charge on any atom is -0.122 e. The van der Waals surface area contributed by atoms with E-state index in [-0.39, 0.29) is 0 Å². The third kappa shape index (κ3) is 2.18. The van der Waals surface area contributed by atoms with Crippen molar-refractivity contribution in [3.8, 4) is 0 Å². The number of hydrogen-bond donors (Lipinski definition) is 1. The molecule has 0 saturated heterocycles. The fraction of sp³-hybridized carbons (Fsp3) is 1.00. The normalized spacial score (nSPS) is 10.0. The zero-order valence-corrected chi connectivity index (χ0v) is 4.65. The van der Waals surface area contributed by atoms with Crippen LogP contribution in [-0.4, -0.2) is 20.6 Å². The van der Waals surface area contributed by atoms with Crippen molar-refractivity contribution in [3.63, 3.8) is 0 Å². The Morgan fingerprint density at radius 3 is 2.17 bits per heavy atom. The average molecular weight is 88.2 g/mol. The van der Waals surface area contributed by atoms with Crippen LogP contribution >= 0.6 is 0 Å². The first-order valence-electron chi connectivity index (χ1n) is 2.19. The minimum absolute atomic E-state index is 1.05. The van der Waals surface area contributed by atoms with Gasteiger partial charge in [-0.3, -0.25) is 0 Å². The lowest BCUT2D eigenvalue weighted by atomic mass is 10.7. The van der Waals surface area contributed by atoms with Gasteiger partial charge in [-0.1, -0.05) is 5.01 Å². The molecule has 0 bridgehead atoms. The van der Waals surface area contributed by atoms with Gasteiger partial charge < -0.3 is 0 Å². The van der Waals surface area contributed by atoms with E-state index in [1.54, 1.807) is 0 Å². The molecule has 6 heavy (non-hydrogen) atoms. The molecule has 0 unspecified atom stereocenters. The zero-order valence-electron chi connectivity index (χ0n) is 4.65. The van der Waals surface area contributed by atoms with Crippen LogP contribution in [0.2, 0.25) is 0 Å². The van der Waals surface area contributed by atoms with Crippen LogP contribution in [0.3, 0.4) is 0 Å². The van der Waals surface area contributed by atoms with E-state index in [4.69, 9.17) is 0 Å². The van der Waals surface area contributed by atoms with Crippen LogP contribution in [0.1, 0.15) is 6.92 Å². The van der Waals surface area contributed by atoms with Crippen molar-refractivity contribution in [2.24, 2.45) is 0 Å². The first-order chi connectivity index (χ1) is 2.81. The molecule has 0 amide bonds. The van der Waals surface area contributed by atoms with E-state index in [0.717, 1.165) is 6.54 Å². The van der Waals surface area contributed by atoms with Gasteiger partial charge in [0, 0.05) is 7.05 Å². The molecular formula is C4H12N2+. The first-order valence-corrected chi connectivity index (χ1v) is 2.19. The molecule has 0 aromatic heterocycles. The summed E-state index contributed by atoms with van der Waals surface area (Å²) in [6.45, 7) is 3.15. The van der Waals surface area contributed by atoms with Crippen molar-refractivity contribution < 1.29 is 0 Å². The Kier molecular flexibility index (Phi) is 3.08. The highest BCUT2D eigenvalue weighted by atomic mass is 15.5. The fourth-order valence-corrected chi connectivity index (χ4v) is 0.158. The van der Waals surface area contributed by atoms with Crippen LogP contribution in [0.15, 0.2) is 0 Å². The van der Waals surface area contributed by atoms with Gasteiger partial charge in [-0.05, 0) is 6.92 Å². The van der Waals surface area contributed by atoms with Gasteiger partial charge in [-0.25, -0.2) is 0 Å². The lowest BCUT2D eigenvalue weighted by Gasteiger charge is -1.95. The van der Waals surface area contributed by atoms with Crippen LogP contribution in [0, 0.1) is 0 Å². The second-order valence-corrected chi connectivity index (χ2v) is 1.24. The molecule has 0 atom stereocenters.